The van der Waals surface area contributed by atoms with Gasteiger partial charge in [0.15, 0.2) is 11.6 Å². The molecule has 106 valence electrons. The number of halogens is 3. The summed E-state index contributed by atoms with van der Waals surface area (Å²) in [5.41, 5.74) is 5.25. The molecule has 3 N–H and O–H groups in total. The van der Waals surface area contributed by atoms with Crippen LogP contribution in [0.25, 0.3) is 0 Å². The van der Waals surface area contributed by atoms with E-state index < -0.39 is 26.6 Å². The van der Waals surface area contributed by atoms with E-state index in [1.807, 2.05) is 0 Å². The maximum atomic E-state index is 13.6. The highest BCUT2D eigenvalue weighted by atomic mass is 35.5. The first kappa shape index (κ1) is 14.5. The Morgan fingerprint density at radius 3 is 2.50 bits per heavy atom. The summed E-state index contributed by atoms with van der Waals surface area (Å²) in [6, 6.07) is 7.35. The largest absolute Gasteiger partial charge is 0.399 e. The van der Waals surface area contributed by atoms with Crippen LogP contribution in [-0.4, -0.2) is 8.42 Å². The third kappa shape index (κ3) is 3.00. The highest BCUT2D eigenvalue weighted by Crippen LogP contribution is 2.24. The van der Waals surface area contributed by atoms with Gasteiger partial charge in [-0.15, -0.1) is 0 Å². The van der Waals surface area contributed by atoms with Crippen LogP contribution >= 0.6 is 11.6 Å². The first-order chi connectivity index (χ1) is 9.29. The lowest BCUT2D eigenvalue weighted by atomic mass is 10.3. The number of benzene rings is 2. The van der Waals surface area contributed by atoms with E-state index in [2.05, 4.69) is 4.72 Å². The second kappa shape index (κ2) is 5.26. The molecular weight excluding hydrogens is 310 g/mol. The summed E-state index contributed by atoms with van der Waals surface area (Å²) >= 11 is 5.71. The Morgan fingerprint density at radius 2 is 1.85 bits per heavy atom. The van der Waals surface area contributed by atoms with Gasteiger partial charge in [0, 0.05) is 10.7 Å². The maximum Gasteiger partial charge on any atom is 0.265 e. The third-order valence-corrected chi connectivity index (χ3v) is 4.00. The van der Waals surface area contributed by atoms with E-state index in [4.69, 9.17) is 17.3 Å². The summed E-state index contributed by atoms with van der Waals surface area (Å²) in [6.07, 6.45) is 0. The van der Waals surface area contributed by atoms with Crippen molar-refractivity contribution in [2.45, 2.75) is 4.90 Å². The molecule has 0 saturated heterocycles. The van der Waals surface area contributed by atoms with Crippen LogP contribution in [0.3, 0.4) is 0 Å². The average molecular weight is 319 g/mol. The first-order valence-electron chi connectivity index (χ1n) is 5.32. The van der Waals surface area contributed by atoms with Gasteiger partial charge in [-0.05, 0) is 30.3 Å². The van der Waals surface area contributed by atoms with Crippen molar-refractivity contribution in [3.8, 4) is 0 Å². The van der Waals surface area contributed by atoms with Gasteiger partial charge in [0.1, 0.15) is 4.90 Å². The van der Waals surface area contributed by atoms with Crippen LogP contribution < -0.4 is 10.5 Å². The molecule has 0 fully saturated rings. The van der Waals surface area contributed by atoms with Crippen LogP contribution in [0.1, 0.15) is 0 Å². The van der Waals surface area contributed by atoms with Crippen LogP contribution in [0.5, 0.6) is 0 Å². The lowest BCUT2D eigenvalue weighted by Gasteiger charge is -2.10. The second-order valence-electron chi connectivity index (χ2n) is 3.93. The van der Waals surface area contributed by atoms with Gasteiger partial charge in [0.25, 0.3) is 10.0 Å². The molecule has 0 unspecified atom stereocenters. The molecule has 8 heteroatoms. The predicted molar refractivity (Wildman–Crippen MR) is 73.0 cm³/mol. The zero-order valence-electron chi connectivity index (χ0n) is 9.90. The van der Waals surface area contributed by atoms with Crippen molar-refractivity contribution < 1.29 is 17.2 Å². The quantitative estimate of drug-likeness (QED) is 0.854. The van der Waals surface area contributed by atoms with E-state index >= 15 is 0 Å². The van der Waals surface area contributed by atoms with Crippen molar-refractivity contribution in [3.63, 3.8) is 0 Å². The summed E-state index contributed by atoms with van der Waals surface area (Å²) in [7, 11) is -4.31. The van der Waals surface area contributed by atoms with Gasteiger partial charge in [-0.1, -0.05) is 17.7 Å². The van der Waals surface area contributed by atoms with Crippen LogP contribution in [-0.2, 0) is 10.0 Å². The van der Waals surface area contributed by atoms with Crippen molar-refractivity contribution in [3.05, 3.63) is 53.1 Å². The number of nitrogens with one attached hydrogen (secondary N) is 1. The topological polar surface area (TPSA) is 72.2 Å². The van der Waals surface area contributed by atoms with Crippen LogP contribution in [0.4, 0.5) is 20.2 Å². The summed E-state index contributed by atoms with van der Waals surface area (Å²) in [5.74, 6) is -2.83. The molecule has 4 nitrogen and oxygen atoms in total. The normalized spacial score (nSPS) is 11.3. The Labute approximate surface area is 119 Å². The fraction of sp³-hybridized carbons (Fsp3) is 0. The summed E-state index contributed by atoms with van der Waals surface area (Å²) in [5, 5.41) is 0.296. The third-order valence-electron chi connectivity index (χ3n) is 2.38. The van der Waals surface area contributed by atoms with Gasteiger partial charge in [-0.3, -0.25) is 4.72 Å². The lowest BCUT2D eigenvalue weighted by molar-refractivity contribution is 0.486. The van der Waals surface area contributed by atoms with Gasteiger partial charge in [-0.25, -0.2) is 17.2 Å². The van der Waals surface area contributed by atoms with Crippen LogP contribution in [0.2, 0.25) is 5.02 Å². The van der Waals surface area contributed by atoms with Gasteiger partial charge in [0.2, 0.25) is 0 Å². The number of rotatable bonds is 3. The molecule has 0 heterocycles. The zero-order valence-corrected chi connectivity index (χ0v) is 11.5. The van der Waals surface area contributed by atoms with Crippen molar-refractivity contribution in [1.82, 2.24) is 0 Å². The molecule has 0 amide bonds. The molecule has 2 aromatic carbocycles. The number of hydrogen-bond donors (Lipinski definition) is 2. The van der Waals surface area contributed by atoms with Gasteiger partial charge >= 0.3 is 0 Å². The predicted octanol–water partition coefficient (Wildman–Crippen LogP) is 3.00. The standard InChI is InChI=1S/C12H9ClF2N2O2S/c13-7-2-1-3-9(4-7)17-20(18,19)11-6-8(16)5-10(14)12(11)15/h1-6,17H,16H2. The summed E-state index contributed by atoms with van der Waals surface area (Å²) < 4.78 is 52.9. The second-order valence-corrected chi connectivity index (χ2v) is 6.02. The van der Waals surface area contributed by atoms with E-state index in [9.17, 15) is 17.2 Å². The first-order valence-corrected chi connectivity index (χ1v) is 7.18. The van der Waals surface area contributed by atoms with Crippen molar-refractivity contribution in [2.75, 3.05) is 10.5 Å². The Balaban J connectivity index is 2.46. The molecule has 0 aliphatic carbocycles. The van der Waals surface area contributed by atoms with Crippen molar-refractivity contribution in [1.29, 1.82) is 0 Å². The minimum atomic E-state index is -4.31. The fourth-order valence-corrected chi connectivity index (χ4v) is 2.90. The van der Waals surface area contributed by atoms with Gasteiger partial charge < -0.3 is 5.73 Å². The van der Waals surface area contributed by atoms with Crippen molar-refractivity contribution in [2.24, 2.45) is 0 Å². The van der Waals surface area contributed by atoms with Gasteiger partial charge in [-0.2, -0.15) is 0 Å². The summed E-state index contributed by atoms with van der Waals surface area (Å²) in [6.45, 7) is 0. The van der Waals surface area contributed by atoms with Gasteiger partial charge in [0.05, 0.1) is 5.69 Å². The molecule has 0 aliphatic rings. The number of anilines is 2. The Morgan fingerprint density at radius 1 is 1.15 bits per heavy atom. The van der Waals surface area contributed by atoms with E-state index in [1.54, 1.807) is 6.07 Å². The average Bonchev–Trinajstić information content (AvgIpc) is 2.33. The number of hydrogen-bond acceptors (Lipinski definition) is 3. The van der Waals surface area contributed by atoms with Crippen LogP contribution in [0.15, 0.2) is 41.3 Å². The molecule has 2 aromatic rings. The molecule has 2 rings (SSSR count). The summed E-state index contributed by atoms with van der Waals surface area (Å²) in [4.78, 5) is -0.866. The highest BCUT2D eigenvalue weighted by molar-refractivity contribution is 7.92. The van der Waals surface area contributed by atoms with E-state index in [0.717, 1.165) is 6.07 Å². The molecular formula is C12H9ClF2N2O2S. The van der Waals surface area contributed by atoms with Crippen LogP contribution in [0, 0.1) is 11.6 Å². The van der Waals surface area contributed by atoms with E-state index in [-0.39, 0.29) is 11.4 Å². The van der Waals surface area contributed by atoms with Crippen molar-refractivity contribution >= 4 is 33.0 Å². The minimum Gasteiger partial charge on any atom is -0.399 e. The molecule has 0 saturated carbocycles. The minimum absolute atomic E-state index is 0.125. The monoisotopic (exact) mass is 318 g/mol. The molecule has 0 aromatic heterocycles. The molecule has 0 spiro atoms. The smallest absolute Gasteiger partial charge is 0.265 e. The zero-order chi connectivity index (χ0) is 14.9. The molecule has 0 aliphatic heterocycles. The molecule has 0 bridgehead atoms. The number of nitrogens with two attached hydrogens (primary N) is 1. The maximum absolute atomic E-state index is 13.6. The Bertz CT molecular complexity index is 766. The number of sulfonamides is 1. The lowest BCUT2D eigenvalue weighted by Crippen LogP contribution is -2.15. The number of nitrogen functional groups attached to an aromatic ring is 1. The molecule has 0 atom stereocenters. The Hall–Kier alpha value is -1.86. The molecule has 0 radical (unpaired) electrons. The Kier molecular flexibility index (Phi) is 3.82. The fourth-order valence-electron chi connectivity index (χ4n) is 1.54. The SMILES string of the molecule is Nc1cc(F)c(F)c(S(=O)(=O)Nc2cccc(Cl)c2)c1. The molecule has 20 heavy (non-hydrogen) atoms. The highest BCUT2D eigenvalue weighted by Gasteiger charge is 2.22. The van der Waals surface area contributed by atoms with E-state index in [0.29, 0.717) is 11.1 Å². The van der Waals surface area contributed by atoms with E-state index in [1.165, 1.54) is 18.2 Å².